The van der Waals surface area contributed by atoms with Crippen molar-refractivity contribution in [3.8, 4) is 0 Å². The zero-order valence-electron chi connectivity index (χ0n) is 7.78. The molecule has 1 heterocycles. The first-order valence-corrected chi connectivity index (χ1v) is 4.04. The summed E-state index contributed by atoms with van der Waals surface area (Å²) in [4.78, 5) is 22.6. The Morgan fingerprint density at radius 1 is 1.31 bits per heavy atom. The van der Waals surface area contributed by atoms with E-state index < -0.39 is 0 Å². The number of nitrogens with zero attached hydrogens (tertiary/aromatic N) is 2. The number of nitrogens with two attached hydrogens (primary N) is 1. The van der Waals surface area contributed by atoms with Crippen molar-refractivity contribution < 1.29 is 0 Å². The van der Waals surface area contributed by atoms with E-state index in [1.807, 2.05) is 0 Å². The van der Waals surface area contributed by atoms with Crippen molar-refractivity contribution in [2.45, 2.75) is 6.42 Å². The number of hydrogen-bond donors (Lipinski definition) is 1. The average molecular weight is 183 g/mol. The minimum atomic E-state index is -0.309. The molecule has 1 aromatic heterocycles. The first-order valence-electron chi connectivity index (χ1n) is 4.04. The Morgan fingerprint density at radius 2 is 1.92 bits per heavy atom. The molecule has 1 rings (SSSR count). The van der Waals surface area contributed by atoms with Gasteiger partial charge in [-0.2, -0.15) is 0 Å². The number of hydrogen-bond acceptors (Lipinski definition) is 3. The molecule has 0 aliphatic heterocycles. The topological polar surface area (TPSA) is 70.0 Å². The van der Waals surface area contributed by atoms with Gasteiger partial charge < -0.3 is 10.3 Å². The Hall–Kier alpha value is -1.36. The molecule has 0 spiro atoms. The Morgan fingerprint density at radius 3 is 2.46 bits per heavy atom. The van der Waals surface area contributed by atoms with Gasteiger partial charge in [0, 0.05) is 32.3 Å². The fourth-order valence-electron chi connectivity index (χ4n) is 1.17. The minimum absolute atomic E-state index is 0.286. The lowest BCUT2D eigenvalue weighted by Crippen LogP contribution is -2.38. The maximum absolute atomic E-state index is 11.4. The van der Waals surface area contributed by atoms with Crippen molar-refractivity contribution in [2.75, 3.05) is 6.54 Å². The van der Waals surface area contributed by atoms with Crippen LogP contribution in [0.2, 0.25) is 0 Å². The van der Waals surface area contributed by atoms with Crippen LogP contribution in [0.25, 0.3) is 0 Å². The maximum atomic E-state index is 11.4. The SMILES string of the molecule is Cn1c(CCN)cc(=O)n(C)c1=O. The van der Waals surface area contributed by atoms with E-state index in [1.54, 1.807) is 7.05 Å². The molecular formula is C8H13N3O2. The highest BCUT2D eigenvalue weighted by molar-refractivity contribution is 5.02. The molecule has 1 aromatic rings. The molecular weight excluding hydrogens is 170 g/mol. The highest BCUT2D eigenvalue weighted by Gasteiger charge is 2.03. The molecule has 0 atom stereocenters. The third kappa shape index (κ3) is 1.70. The van der Waals surface area contributed by atoms with Crippen molar-refractivity contribution >= 4 is 0 Å². The van der Waals surface area contributed by atoms with Crippen molar-refractivity contribution in [3.63, 3.8) is 0 Å². The van der Waals surface area contributed by atoms with Gasteiger partial charge in [-0.25, -0.2) is 4.79 Å². The Bertz CT molecular complexity index is 416. The largest absolute Gasteiger partial charge is 0.330 e. The van der Waals surface area contributed by atoms with Gasteiger partial charge in [0.05, 0.1) is 0 Å². The summed E-state index contributed by atoms with van der Waals surface area (Å²) in [5.74, 6) is 0. The van der Waals surface area contributed by atoms with E-state index in [1.165, 1.54) is 17.7 Å². The van der Waals surface area contributed by atoms with Gasteiger partial charge in [-0.3, -0.25) is 9.36 Å². The fourth-order valence-corrected chi connectivity index (χ4v) is 1.17. The normalized spacial score (nSPS) is 10.4. The zero-order valence-corrected chi connectivity index (χ0v) is 7.78. The van der Waals surface area contributed by atoms with Crippen LogP contribution >= 0.6 is 0 Å². The van der Waals surface area contributed by atoms with E-state index in [0.717, 1.165) is 4.57 Å². The van der Waals surface area contributed by atoms with Crippen LogP contribution in [-0.2, 0) is 20.5 Å². The second-order valence-electron chi connectivity index (χ2n) is 2.91. The predicted molar refractivity (Wildman–Crippen MR) is 49.7 cm³/mol. The highest BCUT2D eigenvalue weighted by Crippen LogP contribution is 1.89. The van der Waals surface area contributed by atoms with E-state index in [4.69, 9.17) is 5.73 Å². The Balaban J connectivity index is 3.41. The van der Waals surface area contributed by atoms with Crippen LogP contribution in [0.1, 0.15) is 5.69 Å². The summed E-state index contributed by atoms with van der Waals surface area (Å²) in [5, 5.41) is 0. The van der Waals surface area contributed by atoms with Crippen LogP contribution in [-0.4, -0.2) is 15.7 Å². The van der Waals surface area contributed by atoms with Crippen LogP contribution in [0, 0.1) is 0 Å². The number of aromatic nitrogens is 2. The van der Waals surface area contributed by atoms with Crippen LogP contribution in [0.15, 0.2) is 15.7 Å². The third-order valence-corrected chi connectivity index (χ3v) is 2.03. The van der Waals surface area contributed by atoms with Gasteiger partial charge in [0.2, 0.25) is 0 Å². The first kappa shape index (κ1) is 9.73. The molecule has 72 valence electrons. The summed E-state index contributed by atoms with van der Waals surface area (Å²) in [6, 6.07) is 1.44. The molecule has 0 saturated carbocycles. The van der Waals surface area contributed by atoms with Crippen LogP contribution < -0.4 is 17.0 Å². The average Bonchev–Trinajstić information content (AvgIpc) is 2.11. The smallest absolute Gasteiger partial charge is 0.330 e. The predicted octanol–water partition coefficient (Wildman–Crippen LogP) is -1.41. The summed E-state index contributed by atoms with van der Waals surface area (Å²) in [7, 11) is 3.09. The van der Waals surface area contributed by atoms with Crippen LogP contribution in [0.5, 0.6) is 0 Å². The van der Waals surface area contributed by atoms with E-state index in [-0.39, 0.29) is 11.2 Å². The Kier molecular flexibility index (Phi) is 2.67. The van der Waals surface area contributed by atoms with Crippen molar-refractivity contribution in [1.29, 1.82) is 0 Å². The molecule has 0 fully saturated rings. The minimum Gasteiger partial charge on any atom is -0.330 e. The quantitative estimate of drug-likeness (QED) is 0.612. The molecule has 0 bridgehead atoms. The molecule has 0 amide bonds. The fraction of sp³-hybridized carbons (Fsp3) is 0.500. The van der Waals surface area contributed by atoms with Crippen LogP contribution in [0.4, 0.5) is 0 Å². The molecule has 2 N–H and O–H groups in total. The molecule has 0 radical (unpaired) electrons. The van der Waals surface area contributed by atoms with Gasteiger partial charge in [-0.05, 0) is 6.54 Å². The van der Waals surface area contributed by atoms with Gasteiger partial charge >= 0.3 is 5.69 Å². The van der Waals surface area contributed by atoms with Crippen molar-refractivity contribution in [3.05, 3.63) is 32.6 Å². The molecule has 0 unspecified atom stereocenters. The van der Waals surface area contributed by atoms with E-state index in [9.17, 15) is 9.59 Å². The highest BCUT2D eigenvalue weighted by atomic mass is 16.2. The Labute approximate surface area is 75.4 Å². The summed E-state index contributed by atoms with van der Waals surface area (Å²) < 4.78 is 2.51. The summed E-state index contributed by atoms with van der Waals surface area (Å²) in [6.45, 7) is 0.431. The maximum Gasteiger partial charge on any atom is 0.330 e. The van der Waals surface area contributed by atoms with Gasteiger partial charge in [0.1, 0.15) is 0 Å². The molecule has 0 aliphatic rings. The summed E-state index contributed by atoms with van der Waals surface area (Å²) in [6.07, 6.45) is 0.543. The van der Waals surface area contributed by atoms with Gasteiger partial charge in [0.25, 0.3) is 5.56 Å². The van der Waals surface area contributed by atoms with E-state index in [2.05, 4.69) is 0 Å². The molecule has 5 heteroatoms. The van der Waals surface area contributed by atoms with Gasteiger partial charge in [0.15, 0.2) is 0 Å². The standard InChI is InChI=1S/C8H13N3O2/c1-10-6(3-4-9)5-7(12)11(2)8(10)13/h5H,3-4,9H2,1-2H3. The monoisotopic (exact) mass is 183 g/mol. The molecule has 13 heavy (non-hydrogen) atoms. The second kappa shape index (κ2) is 3.57. The van der Waals surface area contributed by atoms with Crippen molar-refractivity contribution in [1.82, 2.24) is 9.13 Å². The molecule has 5 nitrogen and oxygen atoms in total. The number of rotatable bonds is 2. The second-order valence-corrected chi connectivity index (χ2v) is 2.91. The molecule has 0 saturated heterocycles. The molecule has 0 aromatic carbocycles. The lowest BCUT2D eigenvalue weighted by atomic mass is 10.3. The van der Waals surface area contributed by atoms with Crippen LogP contribution in [0.3, 0.4) is 0 Å². The summed E-state index contributed by atoms with van der Waals surface area (Å²) in [5.41, 5.74) is 5.42. The lowest BCUT2D eigenvalue weighted by Gasteiger charge is -2.07. The summed E-state index contributed by atoms with van der Waals surface area (Å²) >= 11 is 0. The zero-order chi connectivity index (χ0) is 10.0. The van der Waals surface area contributed by atoms with E-state index >= 15 is 0 Å². The first-order chi connectivity index (χ1) is 6.07. The van der Waals surface area contributed by atoms with Gasteiger partial charge in [-0.15, -0.1) is 0 Å². The molecule has 0 aliphatic carbocycles. The van der Waals surface area contributed by atoms with Crippen molar-refractivity contribution in [2.24, 2.45) is 19.8 Å². The van der Waals surface area contributed by atoms with Gasteiger partial charge in [-0.1, -0.05) is 0 Å². The third-order valence-electron chi connectivity index (χ3n) is 2.03. The lowest BCUT2D eigenvalue weighted by molar-refractivity contribution is 0.648. The van der Waals surface area contributed by atoms with E-state index in [0.29, 0.717) is 18.7 Å².